The Morgan fingerprint density at radius 2 is 0.927 bits per heavy atom. The Morgan fingerprint density at radius 1 is 0.573 bits per heavy atom. The molecule has 0 aromatic heterocycles. The zero-order valence-corrected chi connectivity index (χ0v) is 52.5. The second kappa shape index (κ2) is 28.5. The molecule has 6 unspecified atom stereocenters. The first-order valence-electron chi connectivity index (χ1n) is 31.0. The molecule has 0 spiro atoms. The van der Waals surface area contributed by atoms with Gasteiger partial charge in [-0.2, -0.15) is 0 Å². The van der Waals surface area contributed by atoms with Gasteiger partial charge in [0.25, 0.3) is 0 Å². The standard InChI is InChI=1S/C21H28O4.C20H29NO5S.C20H29NO2.C6H15N/c1-4-5-6-7-13-10-17(22)19-15-12-14(20(23)24)8-9-16(15)21(2,3)25-18(19)11-13;1-4-5-6-7-13-10-17(22)19-15-12-14(21-27(23,24)25)8-9-16(15)20(2,3)26-18(19)11-13;1-4-5-6-7-13-10-17(22)19-15-12-14(21)8-9-16(15)20(2,3)23-18(19)11-13;1-4-7(5-2)6-3/h8,10-11,15-16,22H,4-7,9,12H2,1-3H3,(H,23,24);8,10-11,15-16,21-22H,4-7,9,12H2,1-3H3,(H,23,24,25);8,10-11,15-16,22H,4-7,9,12,21H2,1-3H3;4-6H2,1-3H3. The number of allylic oxidation sites excluding steroid dienone is 5. The quantitative estimate of drug-likeness (QED) is 0.0467. The smallest absolute Gasteiger partial charge is 0.331 e. The van der Waals surface area contributed by atoms with Crippen LogP contribution >= 0.6 is 0 Å². The van der Waals surface area contributed by atoms with Crippen molar-refractivity contribution in [1.29, 1.82) is 0 Å². The first-order chi connectivity index (χ1) is 38.7. The molecule has 8 N–H and O–H groups in total. The van der Waals surface area contributed by atoms with Gasteiger partial charge in [-0.15, -0.1) is 0 Å². The van der Waals surface area contributed by atoms with E-state index >= 15 is 0 Å². The number of hydrogen-bond donors (Lipinski definition) is 7. The van der Waals surface area contributed by atoms with Gasteiger partial charge in [0.15, 0.2) is 10.3 Å². The van der Waals surface area contributed by atoms with Gasteiger partial charge in [0, 0.05) is 69.2 Å². The molecular weight excluding hydrogens is 1050 g/mol. The average molecular weight is 1160 g/mol. The highest BCUT2D eigenvalue weighted by Gasteiger charge is 2.49. The summed E-state index contributed by atoms with van der Waals surface area (Å²) in [4.78, 5) is 13.1. The number of phenols is 3. The fraction of sp³-hybridized carbons (Fsp3) is 0.627. The zero-order valence-electron chi connectivity index (χ0n) is 51.6. The molecule has 0 saturated heterocycles. The number of nitrogens with one attached hydrogen (secondary N) is 2. The van der Waals surface area contributed by atoms with E-state index in [0.29, 0.717) is 59.9 Å². The van der Waals surface area contributed by atoms with E-state index in [-0.39, 0.29) is 52.3 Å². The highest BCUT2D eigenvalue weighted by Crippen LogP contribution is 2.57. The minimum absolute atomic E-state index is 0.0143. The molecule has 15 heteroatoms. The Labute approximate surface area is 491 Å². The largest absolute Gasteiger partial charge is 0.731 e. The fourth-order valence-electron chi connectivity index (χ4n) is 13.7. The van der Waals surface area contributed by atoms with Gasteiger partial charge in [-0.1, -0.05) is 77.5 Å². The number of rotatable bonds is 18. The Hall–Kier alpha value is -5.38. The van der Waals surface area contributed by atoms with Gasteiger partial charge in [-0.3, -0.25) is 4.72 Å². The summed E-state index contributed by atoms with van der Waals surface area (Å²) in [6.07, 6.45) is 22.6. The number of phenolic OH excluding ortho intramolecular Hbond substituents is 3. The van der Waals surface area contributed by atoms with Crippen molar-refractivity contribution in [1.82, 2.24) is 4.72 Å². The van der Waals surface area contributed by atoms with Crippen molar-refractivity contribution >= 4 is 16.3 Å². The molecule has 6 aliphatic rings. The molecule has 0 saturated carbocycles. The number of quaternary nitrogens is 1. The SMILES string of the molecule is CCCCCc1cc(O)c2c(c1)OC(C)(C)C1CC=C(C(=O)O)CC21.CCCCCc1cc(O)c2c(c1)OC(C)(C)C1CC=C(N)CC21.CCCCCc1cc(O)c2c(c1)OC(C)(C)C1CC=C(NS(=O)(=O)[O-])CC21.CC[NH+](CC)CC. The predicted octanol–water partition coefficient (Wildman–Crippen LogP) is 13.1. The number of carboxylic acids is 1. The lowest BCUT2D eigenvalue weighted by molar-refractivity contribution is -0.894. The van der Waals surface area contributed by atoms with Crippen LogP contribution in [0.1, 0.15) is 231 Å². The summed E-state index contributed by atoms with van der Waals surface area (Å²) in [7, 11) is -4.56. The maximum Gasteiger partial charge on any atom is 0.331 e. The summed E-state index contributed by atoms with van der Waals surface area (Å²) >= 11 is 0. The molecule has 3 aliphatic heterocycles. The molecule has 3 aromatic carbocycles. The summed E-state index contributed by atoms with van der Waals surface area (Å²) < 4.78 is 54.2. The molecule has 82 heavy (non-hydrogen) atoms. The third-order valence-corrected chi connectivity index (χ3v) is 18.9. The molecule has 0 bridgehead atoms. The van der Waals surface area contributed by atoms with Crippen LogP contribution in [0.3, 0.4) is 0 Å². The van der Waals surface area contributed by atoms with Gasteiger partial charge >= 0.3 is 5.97 Å². The van der Waals surface area contributed by atoms with Crippen molar-refractivity contribution in [2.75, 3.05) is 19.6 Å². The van der Waals surface area contributed by atoms with Gasteiger partial charge in [0.05, 0.1) is 19.6 Å². The van der Waals surface area contributed by atoms with Crippen molar-refractivity contribution in [3.8, 4) is 34.5 Å². The number of aromatic hydroxyl groups is 3. The van der Waals surface area contributed by atoms with Crippen LogP contribution in [0.15, 0.2) is 71.6 Å². The van der Waals surface area contributed by atoms with E-state index in [1.54, 1.807) is 17.0 Å². The number of carboxylic acid groups (broad SMARTS) is 1. The van der Waals surface area contributed by atoms with Crippen molar-refractivity contribution < 1.29 is 57.3 Å². The lowest BCUT2D eigenvalue weighted by atomic mass is 9.67. The van der Waals surface area contributed by atoms with Gasteiger partial charge in [0.2, 0.25) is 0 Å². The number of unbranched alkanes of at least 4 members (excludes halogenated alkanes) is 6. The van der Waals surface area contributed by atoms with E-state index in [1.165, 1.54) is 44.5 Å². The van der Waals surface area contributed by atoms with Crippen LogP contribution in [0.2, 0.25) is 0 Å². The summed E-state index contributed by atoms with van der Waals surface area (Å²) in [6, 6.07) is 11.7. The number of ether oxygens (including phenoxy) is 3. The lowest BCUT2D eigenvalue weighted by Crippen LogP contribution is -3.11. The third-order valence-electron chi connectivity index (χ3n) is 18.4. The Balaban J connectivity index is 0.000000187. The molecule has 6 atom stereocenters. The number of hydrogen-bond acceptors (Lipinski definition) is 11. The Bertz CT molecular complexity index is 2860. The topological polar surface area (TPSA) is 225 Å². The van der Waals surface area contributed by atoms with E-state index < -0.39 is 21.9 Å². The van der Waals surface area contributed by atoms with Crippen LogP contribution in [0, 0.1) is 17.8 Å². The molecule has 3 heterocycles. The van der Waals surface area contributed by atoms with Crippen LogP contribution < -0.4 is 29.6 Å². The summed E-state index contributed by atoms with van der Waals surface area (Å²) in [5.41, 5.74) is 12.5. The molecule has 3 aromatic rings. The van der Waals surface area contributed by atoms with E-state index in [4.69, 9.17) is 19.9 Å². The molecule has 456 valence electrons. The zero-order chi connectivity index (χ0) is 60.3. The summed E-state index contributed by atoms with van der Waals surface area (Å²) in [5.74, 6) is 2.96. The molecule has 0 amide bonds. The minimum Gasteiger partial charge on any atom is -0.731 e. The minimum atomic E-state index is -4.56. The number of nitrogens with two attached hydrogens (primary N) is 1. The molecule has 0 radical (unpaired) electrons. The van der Waals surface area contributed by atoms with Crippen molar-refractivity contribution in [3.63, 3.8) is 0 Å². The van der Waals surface area contributed by atoms with E-state index in [1.807, 2.05) is 44.2 Å². The molecule has 9 rings (SSSR count). The van der Waals surface area contributed by atoms with Gasteiger partial charge in [-0.05, 0) is 192 Å². The van der Waals surface area contributed by atoms with Crippen LogP contribution in [-0.2, 0) is 34.4 Å². The second-order valence-corrected chi connectivity index (χ2v) is 26.5. The fourth-order valence-corrected chi connectivity index (χ4v) is 14.2. The first kappa shape index (κ1) is 65.8. The number of benzene rings is 3. The third kappa shape index (κ3) is 16.5. The van der Waals surface area contributed by atoms with Gasteiger partial charge in [-0.25, -0.2) is 13.2 Å². The predicted molar refractivity (Wildman–Crippen MR) is 326 cm³/mol. The van der Waals surface area contributed by atoms with Crippen LogP contribution in [0.4, 0.5) is 0 Å². The highest BCUT2D eigenvalue weighted by atomic mass is 32.2. The summed E-state index contributed by atoms with van der Waals surface area (Å²) in [6.45, 7) is 29.5. The summed E-state index contributed by atoms with van der Waals surface area (Å²) in [5, 5.41) is 41.4. The van der Waals surface area contributed by atoms with Crippen molar-refractivity contribution in [2.45, 2.75) is 233 Å². The van der Waals surface area contributed by atoms with Gasteiger partial charge < -0.3 is 49.8 Å². The van der Waals surface area contributed by atoms with Crippen LogP contribution in [0.25, 0.3) is 0 Å². The molecule has 14 nitrogen and oxygen atoms in total. The Morgan fingerprint density at radius 3 is 1.27 bits per heavy atom. The van der Waals surface area contributed by atoms with Crippen LogP contribution in [-0.4, -0.2) is 75.8 Å². The van der Waals surface area contributed by atoms with E-state index in [9.17, 15) is 38.2 Å². The molecule has 3 aliphatic carbocycles. The van der Waals surface area contributed by atoms with E-state index in [0.717, 1.165) is 110 Å². The number of aliphatic carboxylic acids is 1. The molecular formula is C67H101N3O11S. The van der Waals surface area contributed by atoms with Crippen molar-refractivity contribution in [2.24, 2.45) is 23.5 Å². The number of aryl methyl sites for hydroxylation is 3. The highest BCUT2D eigenvalue weighted by molar-refractivity contribution is 7.83. The van der Waals surface area contributed by atoms with E-state index in [2.05, 4.69) is 86.1 Å². The second-order valence-electron chi connectivity index (χ2n) is 25.4. The average Bonchev–Trinajstić information content (AvgIpc) is 1.98. The van der Waals surface area contributed by atoms with Crippen molar-refractivity contribution in [3.05, 3.63) is 105 Å². The first-order valence-corrected chi connectivity index (χ1v) is 32.4. The normalized spacial score (nSPS) is 23.0. The monoisotopic (exact) mass is 1160 g/mol. The number of carbonyl (C=O) groups is 1. The van der Waals surface area contributed by atoms with Gasteiger partial charge in [0.1, 0.15) is 51.3 Å². The molecule has 0 fully saturated rings. The maximum atomic E-state index is 11.4. The van der Waals surface area contributed by atoms with Crippen LogP contribution in [0.5, 0.6) is 34.5 Å². The Kier molecular flexibility index (Phi) is 22.8. The maximum absolute atomic E-state index is 11.4. The number of fused-ring (bicyclic) bond motifs is 9. The lowest BCUT2D eigenvalue weighted by Gasteiger charge is -2.47.